The molecule has 76 valence electrons. The zero-order valence-corrected chi connectivity index (χ0v) is 8.31. The van der Waals surface area contributed by atoms with E-state index in [1.807, 2.05) is 0 Å². The Morgan fingerprint density at radius 2 is 2.43 bits per heavy atom. The van der Waals surface area contributed by atoms with Crippen LogP contribution >= 0.6 is 0 Å². The maximum Gasteiger partial charge on any atom is 0.241 e. The number of hydrogen-bond donors (Lipinski definition) is 2. The van der Waals surface area contributed by atoms with Crippen LogP contribution in [0.5, 0.6) is 0 Å². The van der Waals surface area contributed by atoms with Crippen molar-refractivity contribution in [3.63, 3.8) is 0 Å². The van der Waals surface area contributed by atoms with E-state index >= 15 is 0 Å². The van der Waals surface area contributed by atoms with E-state index in [9.17, 15) is 4.79 Å². The molecule has 2 atom stereocenters. The Hall–Kier alpha value is -1.01. The summed E-state index contributed by atoms with van der Waals surface area (Å²) in [5.41, 5.74) is -0.464. The van der Waals surface area contributed by atoms with E-state index in [2.05, 4.69) is 16.6 Å². The van der Waals surface area contributed by atoms with Gasteiger partial charge in [0.25, 0.3) is 0 Å². The van der Waals surface area contributed by atoms with E-state index in [4.69, 9.17) is 6.42 Å². The van der Waals surface area contributed by atoms with Gasteiger partial charge in [-0.05, 0) is 25.7 Å². The van der Waals surface area contributed by atoms with Gasteiger partial charge in [0.15, 0.2) is 0 Å². The van der Waals surface area contributed by atoms with Crippen molar-refractivity contribution in [3.05, 3.63) is 0 Å². The van der Waals surface area contributed by atoms with Gasteiger partial charge in [-0.15, -0.1) is 12.3 Å². The van der Waals surface area contributed by atoms with Crippen molar-refractivity contribution in [1.29, 1.82) is 0 Å². The normalized spacial score (nSPS) is 36.8. The fourth-order valence-electron chi connectivity index (χ4n) is 2.50. The van der Waals surface area contributed by atoms with E-state index in [1.54, 1.807) is 0 Å². The van der Waals surface area contributed by atoms with Crippen molar-refractivity contribution in [2.45, 2.75) is 43.7 Å². The highest BCUT2D eigenvalue weighted by Crippen LogP contribution is 2.28. The van der Waals surface area contributed by atoms with Crippen molar-refractivity contribution in [2.75, 3.05) is 6.54 Å². The Bertz CT molecular complexity index is 282. The second-order valence-corrected chi connectivity index (χ2v) is 4.24. The van der Waals surface area contributed by atoms with Gasteiger partial charge in [-0.2, -0.15) is 0 Å². The minimum atomic E-state index is -0.464. The van der Waals surface area contributed by atoms with Crippen molar-refractivity contribution < 1.29 is 4.79 Å². The van der Waals surface area contributed by atoms with Crippen LogP contribution < -0.4 is 10.6 Å². The van der Waals surface area contributed by atoms with Crippen LogP contribution in [-0.4, -0.2) is 24.0 Å². The van der Waals surface area contributed by atoms with Crippen LogP contribution in [0.15, 0.2) is 0 Å². The monoisotopic (exact) mass is 192 g/mol. The van der Waals surface area contributed by atoms with Gasteiger partial charge < -0.3 is 5.32 Å². The molecule has 2 fully saturated rings. The molecule has 0 aromatic rings. The molecule has 2 heterocycles. The summed E-state index contributed by atoms with van der Waals surface area (Å²) in [6.45, 7) is 0.781. The highest BCUT2D eigenvalue weighted by molar-refractivity contribution is 5.87. The fraction of sp³-hybridized carbons (Fsp3) is 0.727. The number of fused-ring (bicyclic) bond motifs is 2. The average molecular weight is 192 g/mol. The number of nitrogens with one attached hydrogen (secondary N) is 2. The predicted molar refractivity (Wildman–Crippen MR) is 54.6 cm³/mol. The van der Waals surface area contributed by atoms with E-state index in [0.717, 1.165) is 25.8 Å². The molecule has 0 aliphatic carbocycles. The number of carbonyl (C=O) groups is 1. The second kappa shape index (κ2) is 3.62. The molecule has 3 heteroatoms. The van der Waals surface area contributed by atoms with Crippen LogP contribution in [0.1, 0.15) is 32.1 Å². The van der Waals surface area contributed by atoms with E-state index in [1.165, 1.54) is 6.42 Å². The fourth-order valence-corrected chi connectivity index (χ4v) is 2.50. The SMILES string of the molecule is C#CCC12CCCC(CCNC1=O)N2. The largest absolute Gasteiger partial charge is 0.354 e. The first-order valence-electron chi connectivity index (χ1n) is 5.26. The second-order valence-electron chi connectivity index (χ2n) is 4.24. The Labute approximate surface area is 84.6 Å². The highest BCUT2D eigenvalue weighted by atomic mass is 16.2. The molecule has 2 N–H and O–H groups in total. The molecule has 0 spiro atoms. The Morgan fingerprint density at radius 1 is 1.57 bits per heavy atom. The van der Waals surface area contributed by atoms with Gasteiger partial charge in [-0.1, -0.05) is 0 Å². The maximum atomic E-state index is 11.9. The summed E-state index contributed by atoms with van der Waals surface area (Å²) in [7, 11) is 0. The quantitative estimate of drug-likeness (QED) is 0.591. The third-order valence-electron chi connectivity index (χ3n) is 3.25. The van der Waals surface area contributed by atoms with E-state index < -0.39 is 5.54 Å². The van der Waals surface area contributed by atoms with Crippen LogP contribution in [-0.2, 0) is 4.79 Å². The Kier molecular flexibility index (Phi) is 2.47. The molecule has 2 bridgehead atoms. The molecule has 1 amide bonds. The van der Waals surface area contributed by atoms with Gasteiger partial charge in [0, 0.05) is 19.0 Å². The highest BCUT2D eigenvalue weighted by Gasteiger charge is 2.42. The Morgan fingerprint density at radius 3 is 3.21 bits per heavy atom. The molecular weight excluding hydrogens is 176 g/mol. The van der Waals surface area contributed by atoms with Crippen molar-refractivity contribution in [2.24, 2.45) is 0 Å². The van der Waals surface area contributed by atoms with Gasteiger partial charge in [0.2, 0.25) is 5.91 Å². The molecule has 0 saturated carbocycles. The van der Waals surface area contributed by atoms with Gasteiger partial charge in [0.1, 0.15) is 5.54 Å². The zero-order chi connectivity index (χ0) is 10.0. The van der Waals surface area contributed by atoms with Crippen molar-refractivity contribution in [1.82, 2.24) is 10.6 Å². The number of rotatable bonds is 1. The molecule has 0 radical (unpaired) electrons. The van der Waals surface area contributed by atoms with Gasteiger partial charge in [0.05, 0.1) is 0 Å². The zero-order valence-electron chi connectivity index (χ0n) is 8.31. The van der Waals surface area contributed by atoms with E-state index in [0.29, 0.717) is 12.5 Å². The summed E-state index contributed by atoms with van der Waals surface area (Å²) >= 11 is 0. The van der Waals surface area contributed by atoms with Gasteiger partial charge >= 0.3 is 0 Å². The minimum absolute atomic E-state index is 0.0950. The summed E-state index contributed by atoms with van der Waals surface area (Å²) < 4.78 is 0. The maximum absolute atomic E-state index is 11.9. The molecule has 2 rings (SSSR count). The summed E-state index contributed by atoms with van der Waals surface area (Å²) in [6.07, 6.45) is 10.0. The molecular formula is C11H16N2O. The molecule has 2 unspecified atom stereocenters. The lowest BCUT2D eigenvalue weighted by atomic mass is 9.83. The number of terminal acetylenes is 1. The first-order chi connectivity index (χ1) is 6.77. The molecule has 3 nitrogen and oxygen atoms in total. The smallest absolute Gasteiger partial charge is 0.241 e. The summed E-state index contributed by atoms with van der Waals surface area (Å²) in [5, 5.41) is 6.37. The van der Waals surface area contributed by atoms with Gasteiger partial charge in [-0.25, -0.2) is 0 Å². The molecule has 0 aromatic heterocycles. The summed E-state index contributed by atoms with van der Waals surface area (Å²) in [6, 6.07) is 0.469. The Balaban J connectivity index is 2.23. The van der Waals surface area contributed by atoms with Crippen LogP contribution in [0, 0.1) is 12.3 Å². The third-order valence-corrected chi connectivity index (χ3v) is 3.25. The first kappa shape index (κ1) is 9.54. The van der Waals surface area contributed by atoms with Gasteiger partial charge in [-0.3, -0.25) is 10.1 Å². The molecule has 2 saturated heterocycles. The van der Waals surface area contributed by atoms with Crippen molar-refractivity contribution >= 4 is 5.91 Å². The minimum Gasteiger partial charge on any atom is -0.354 e. The lowest BCUT2D eigenvalue weighted by Crippen LogP contribution is -2.59. The van der Waals surface area contributed by atoms with Crippen LogP contribution in [0.2, 0.25) is 0 Å². The third kappa shape index (κ3) is 1.51. The lowest BCUT2D eigenvalue weighted by molar-refractivity contribution is -0.128. The summed E-state index contributed by atoms with van der Waals surface area (Å²) in [4.78, 5) is 11.9. The summed E-state index contributed by atoms with van der Waals surface area (Å²) in [5.74, 6) is 2.71. The first-order valence-corrected chi connectivity index (χ1v) is 5.26. The molecule has 2 aliphatic rings. The van der Waals surface area contributed by atoms with Crippen LogP contribution in [0.4, 0.5) is 0 Å². The standard InChI is InChI=1S/C11H16N2O/c1-2-6-11-7-3-4-9(13-11)5-8-12-10(11)14/h1,9,13H,3-8H2,(H,12,14). The van der Waals surface area contributed by atoms with Crippen molar-refractivity contribution in [3.8, 4) is 12.3 Å². The molecule has 14 heavy (non-hydrogen) atoms. The predicted octanol–water partition coefficient (Wildman–Crippen LogP) is 0.410. The van der Waals surface area contributed by atoms with Crippen LogP contribution in [0.25, 0.3) is 0 Å². The topological polar surface area (TPSA) is 41.1 Å². The average Bonchev–Trinajstić information content (AvgIpc) is 2.27. The number of hydrogen-bond acceptors (Lipinski definition) is 2. The van der Waals surface area contributed by atoms with Crippen LogP contribution in [0.3, 0.4) is 0 Å². The number of amides is 1. The molecule has 2 aliphatic heterocycles. The number of piperidine rings is 1. The number of carbonyl (C=O) groups excluding carboxylic acids is 1. The lowest BCUT2D eigenvalue weighted by Gasteiger charge is -2.37. The molecule has 0 aromatic carbocycles. The van der Waals surface area contributed by atoms with E-state index in [-0.39, 0.29) is 5.91 Å².